The molecule has 0 amide bonds. The van der Waals surface area contributed by atoms with Crippen molar-refractivity contribution in [1.29, 1.82) is 0 Å². The number of fused-ring (bicyclic) bond motifs is 6. The van der Waals surface area contributed by atoms with Gasteiger partial charge in [0.15, 0.2) is 0 Å². The normalized spacial score (nSPS) is 54.5. The van der Waals surface area contributed by atoms with Crippen molar-refractivity contribution in [2.24, 2.45) is 23.7 Å². The Kier molecular flexibility index (Phi) is 3.78. The summed E-state index contributed by atoms with van der Waals surface area (Å²) in [6.45, 7) is 11.6. The summed E-state index contributed by atoms with van der Waals surface area (Å²) < 4.78 is 0. The second-order valence-corrected chi connectivity index (χ2v) is 21.9. The highest BCUT2D eigenvalue weighted by Gasteiger charge is 2.68. The van der Waals surface area contributed by atoms with Gasteiger partial charge in [0, 0.05) is 0 Å². The molecular weight excluding hydrogens is 320 g/mol. The number of rotatable bonds is 0. The monoisotopic (exact) mass is 360 g/mol. The standard InChI is InChI=1S/C22H40Si2/c1-23(2)19-13-15-9-6-8-12-18(15)22(19)24(3,4)20-14-16-10-5-7-11-17(16)21(20)23/h15-22H,5-14H2,1-4H3. The molecule has 8 atom stereocenters. The minimum atomic E-state index is -1.10. The zero-order valence-electron chi connectivity index (χ0n) is 16.7. The van der Waals surface area contributed by atoms with Gasteiger partial charge in [-0.15, -0.1) is 0 Å². The van der Waals surface area contributed by atoms with Crippen LogP contribution in [0.25, 0.3) is 0 Å². The van der Waals surface area contributed by atoms with E-state index in [9.17, 15) is 0 Å². The van der Waals surface area contributed by atoms with Gasteiger partial charge in [-0.3, -0.25) is 0 Å². The van der Waals surface area contributed by atoms with E-state index < -0.39 is 16.1 Å². The Bertz CT molecular complexity index is 464. The lowest BCUT2D eigenvalue weighted by Crippen LogP contribution is -2.57. The van der Waals surface area contributed by atoms with Gasteiger partial charge < -0.3 is 0 Å². The van der Waals surface area contributed by atoms with Gasteiger partial charge in [0.25, 0.3) is 0 Å². The van der Waals surface area contributed by atoms with Gasteiger partial charge in [0.05, 0.1) is 16.1 Å². The summed E-state index contributed by atoms with van der Waals surface area (Å²) in [5, 5.41) is 0. The topological polar surface area (TPSA) is 0 Å². The third-order valence-corrected chi connectivity index (χ3v) is 21.2. The third-order valence-electron chi connectivity index (χ3n) is 10.5. The van der Waals surface area contributed by atoms with E-state index in [4.69, 9.17) is 0 Å². The van der Waals surface area contributed by atoms with Crippen LogP contribution in [0.5, 0.6) is 0 Å². The molecule has 1 aliphatic heterocycles. The molecule has 0 aromatic heterocycles. The van der Waals surface area contributed by atoms with Crippen LogP contribution in [0.1, 0.15) is 64.2 Å². The van der Waals surface area contributed by atoms with E-state index in [2.05, 4.69) is 26.2 Å². The van der Waals surface area contributed by atoms with E-state index in [-0.39, 0.29) is 0 Å². The lowest BCUT2D eigenvalue weighted by molar-refractivity contribution is 0.273. The van der Waals surface area contributed by atoms with Crippen LogP contribution >= 0.6 is 0 Å². The molecule has 5 aliphatic rings. The maximum Gasteiger partial charge on any atom is 0.0538 e. The lowest BCUT2D eigenvalue weighted by Gasteiger charge is -2.58. The molecule has 5 fully saturated rings. The zero-order valence-corrected chi connectivity index (χ0v) is 18.7. The van der Waals surface area contributed by atoms with Crippen molar-refractivity contribution in [2.45, 2.75) is 113 Å². The predicted molar refractivity (Wildman–Crippen MR) is 110 cm³/mol. The number of hydrogen-bond donors (Lipinski definition) is 0. The molecule has 0 nitrogen and oxygen atoms in total. The van der Waals surface area contributed by atoms with Gasteiger partial charge >= 0.3 is 0 Å². The van der Waals surface area contributed by atoms with Crippen LogP contribution in [0.3, 0.4) is 0 Å². The Morgan fingerprint density at radius 1 is 0.542 bits per heavy atom. The Morgan fingerprint density at radius 3 is 1.33 bits per heavy atom. The van der Waals surface area contributed by atoms with E-state index in [1.807, 2.05) is 0 Å². The Morgan fingerprint density at radius 2 is 0.917 bits per heavy atom. The maximum atomic E-state index is 2.89. The highest BCUT2D eigenvalue weighted by atomic mass is 28.3. The molecule has 136 valence electrons. The predicted octanol–water partition coefficient (Wildman–Crippen LogP) is 7.32. The molecule has 0 spiro atoms. The highest BCUT2D eigenvalue weighted by Crippen LogP contribution is 2.75. The SMILES string of the molecule is C[Si]1(C)C2CC3CCCCC3C2[Si](C)(C)C2CC3CCCCC3C21. The van der Waals surface area contributed by atoms with Crippen LogP contribution in [0.4, 0.5) is 0 Å². The molecule has 0 N–H and O–H groups in total. The molecule has 5 rings (SSSR count). The first-order valence-electron chi connectivity index (χ1n) is 11.4. The van der Waals surface area contributed by atoms with Crippen LogP contribution in [0, 0.1) is 23.7 Å². The molecule has 2 heteroatoms. The molecule has 0 bridgehead atoms. The van der Waals surface area contributed by atoms with Crippen molar-refractivity contribution < 1.29 is 0 Å². The average molecular weight is 361 g/mol. The van der Waals surface area contributed by atoms with Gasteiger partial charge in [0.2, 0.25) is 0 Å². The van der Waals surface area contributed by atoms with Crippen molar-refractivity contribution in [3.05, 3.63) is 0 Å². The van der Waals surface area contributed by atoms with Crippen LogP contribution in [0.2, 0.25) is 48.4 Å². The van der Waals surface area contributed by atoms with Crippen molar-refractivity contribution in [2.75, 3.05) is 0 Å². The van der Waals surface area contributed by atoms with Crippen molar-refractivity contribution in [1.82, 2.24) is 0 Å². The molecule has 8 unspecified atom stereocenters. The van der Waals surface area contributed by atoms with Crippen molar-refractivity contribution >= 4 is 16.1 Å². The third kappa shape index (κ3) is 2.08. The van der Waals surface area contributed by atoms with Crippen LogP contribution in [-0.2, 0) is 0 Å². The molecule has 0 aromatic carbocycles. The first-order valence-corrected chi connectivity index (χ1v) is 17.7. The molecule has 0 radical (unpaired) electrons. The molecule has 4 saturated carbocycles. The second-order valence-electron chi connectivity index (χ2n) is 11.8. The first kappa shape index (κ1) is 16.6. The van der Waals surface area contributed by atoms with Gasteiger partial charge in [-0.05, 0) is 58.7 Å². The molecule has 1 heterocycles. The van der Waals surface area contributed by atoms with E-state index in [0.717, 1.165) is 11.8 Å². The minimum Gasteiger partial charge on any atom is -0.0689 e. The largest absolute Gasteiger partial charge is 0.0689 e. The quantitative estimate of drug-likeness (QED) is 0.397. The van der Waals surface area contributed by atoms with Crippen LogP contribution in [-0.4, -0.2) is 16.1 Å². The maximum absolute atomic E-state index is 2.89. The lowest BCUT2D eigenvalue weighted by atomic mass is 9.82. The van der Waals surface area contributed by atoms with Crippen molar-refractivity contribution in [3.63, 3.8) is 0 Å². The fraction of sp³-hybridized carbons (Fsp3) is 1.00. The smallest absolute Gasteiger partial charge is 0.0538 e. The fourth-order valence-electron chi connectivity index (χ4n) is 9.71. The average Bonchev–Trinajstić information content (AvgIpc) is 3.14. The van der Waals surface area contributed by atoms with Gasteiger partial charge in [0.1, 0.15) is 0 Å². The van der Waals surface area contributed by atoms with Gasteiger partial charge in [-0.1, -0.05) is 77.6 Å². The van der Waals surface area contributed by atoms with Gasteiger partial charge in [-0.25, -0.2) is 0 Å². The Labute approximate surface area is 152 Å². The fourth-order valence-corrected chi connectivity index (χ4v) is 25.5. The summed E-state index contributed by atoms with van der Waals surface area (Å²) >= 11 is 0. The summed E-state index contributed by atoms with van der Waals surface area (Å²) in [6.07, 6.45) is 16.1. The Hall–Kier alpha value is 0.434. The molecule has 1 saturated heterocycles. The van der Waals surface area contributed by atoms with Crippen LogP contribution < -0.4 is 0 Å². The van der Waals surface area contributed by atoms with Crippen LogP contribution in [0.15, 0.2) is 0 Å². The summed E-state index contributed by atoms with van der Waals surface area (Å²) in [4.78, 5) is 0. The van der Waals surface area contributed by atoms with E-state index in [1.54, 1.807) is 64.2 Å². The van der Waals surface area contributed by atoms with E-state index >= 15 is 0 Å². The minimum absolute atomic E-state index is 1.10. The zero-order chi connectivity index (χ0) is 16.7. The molecule has 4 aliphatic carbocycles. The molecule has 0 aromatic rings. The second kappa shape index (κ2) is 5.47. The molecular formula is C22H40Si2. The van der Waals surface area contributed by atoms with Crippen molar-refractivity contribution in [3.8, 4) is 0 Å². The summed E-state index contributed by atoms with van der Waals surface area (Å²) in [7, 11) is -2.20. The highest BCUT2D eigenvalue weighted by molar-refractivity contribution is 6.91. The molecule has 24 heavy (non-hydrogen) atoms. The summed E-state index contributed by atoms with van der Waals surface area (Å²) in [5.74, 6) is 4.68. The Balaban J connectivity index is 1.56. The number of hydrogen-bond acceptors (Lipinski definition) is 0. The van der Waals surface area contributed by atoms with E-state index in [1.165, 1.54) is 34.0 Å². The first-order chi connectivity index (χ1) is 11.4. The summed E-state index contributed by atoms with van der Waals surface area (Å²) in [6, 6.07) is 0. The van der Waals surface area contributed by atoms with E-state index in [0.29, 0.717) is 0 Å². The van der Waals surface area contributed by atoms with Gasteiger partial charge in [-0.2, -0.15) is 0 Å². The summed E-state index contributed by atoms with van der Waals surface area (Å²) in [5.41, 5.74) is 4.94.